The van der Waals surface area contributed by atoms with Gasteiger partial charge in [-0.3, -0.25) is 14.5 Å². The van der Waals surface area contributed by atoms with E-state index in [-0.39, 0.29) is 17.4 Å². The van der Waals surface area contributed by atoms with Gasteiger partial charge in [0.15, 0.2) is 0 Å². The SMILES string of the molecule is CCN1CC[C@]2(CCC1=O)CN(C(=O)c1ccccc1C#N)CCN2C. The number of benzene rings is 1. The number of hydrogen-bond acceptors (Lipinski definition) is 4. The van der Waals surface area contributed by atoms with Crippen LogP contribution in [0.1, 0.15) is 42.1 Å². The number of amides is 2. The summed E-state index contributed by atoms with van der Waals surface area (Å²) < 4.78 is 0. The first kappa shape index (κ1) is 18.4. The maximum absolute atomic E-state index is 13.1. The minimum Gasteiger partial charge on any atom is -0.343 e. The predicted octanol–water partition coefficient (Wildman–Crippen LogP) is 1.72. The first-order chi connectivity index (χ1) is 12.5. The molecule has 1 aromatic carbocycles. The fourth-order valence-corrected chi connectivity index (χ4v) is 4.14. The molecule has 1 aromatic rings. The van der Waals surface area contributed by atoms with Gasteiger partial charge in [-0.25, -0.2) is 0 Å². The molecule has 6 nitrogen and oxygen atoms in total. The van der Waals surface area contributed by atoms with Crippen molar-refractivity contribution in [2.45, 2.75) is 31.7 Å². The second-order valence-electron chi connectivity index (χ2n) is 7.25. The first-order valence-corrected chi connectivity index (χ1v) is 9.28. The van der Waals surface area contributed by atoms with Crippen molar-refractivity contribution in [1.29, 1.82) is 5.26 Å². The number of likely N-dealkylation sites (N-methyl/N-ethyl adjacent to an activating group) is 1. The zero-order valence-electron chi connectivity index (χ0n) is 15.6. The number of nitrogens with zero attached hydrogens (tertiary/aromatic N) is 4. The van der Waals surface area contributed by atoms with E-state index in [2.05, 4.69) is 18.0 Å². The molecule has 138 valence electrons. The smallest absolute Gasteiger partial charge is 0.255 e. The van der Waals surface area contributed by atoms with Crippen molar-refractivity contribution < 1.29 is 9.59 Å². The molecule has 2 fully saturated rings. The van der Waals surface area contributed by atoms with E-state index in [1.165, 1.54) is 0 Å². The number of carbonyl (C=O) groups excluding carboxylic acids is 2. The quantitative estimate of drug-likeness (QED) is 0.811. The molecule has 2 aliphatic heterocycles. The van der Waals surface area contributed by atoms with Gasteiger partial charge in [-0.05, 0) is 38.9 Å². The van der Waals surface area contributed by atoms with Crippen molar-refractivity contribution in [3.63, 3.8) is 0 Å². The fourth-order valence-electron chi connectivity index (χ4n) is 4.14. The number of piperazine rings is 1. The first-order valence-electron chi connectivity index (χ1n) is 9.28. The molecule has 0 saturated carbocycles. The Morgan fingerprint density at radius 1 is 1.23 bits per heavy atom. The van der Waals surface area contributed by atoms with Crippen LogP contribution >= 0.6 is 0 Å². The molecule has 3 rings (SSSR count). The highest BCUT2D eigenvalue weighted by Crippen LogP contribution is 2.32. The zero-order valence-corrected chi connectivity index (χ0v) is 15.6. The highest BCUT2D eigenvalue weighted by molar-refractivity contribution is 5.96. The largest absolute Gasteiger partial charge is 0.343 e. The molecular weight excluding hydrogens is 328 g/mol. The maximum Gasteiger partial charge on any atom is 0.255 e. The molecule has 0 aromatic heterocycles. The average molecular weight is 354 g/mol. The van der Waals surface area contributed by atoms with Crippen molar-refractivity contribution in [3.8, 4) is 6.07 Å². The Kier molecular flexibility index (Phi) is 5.28. The van der Waals surface area contributed by atoms with Gasteiger partial charge in [-0.2, -0.15) is 5.26 Å². The van der Waals surface area contributed by atoms with E-state index in [0.717, 1.165) is 32.5 Å². The van der Waals surface area contributed by atoms with Gasteiger partial charge in [0.25, 0.3) is 5.91 Å². The lowest BCUT2D eigenvalue weighted by Gasteiger charge is -2.49. The van der Waals surface area contributed by atoms with Gasteiger partial charge in [0.2, 0.25) is 5.91 Å². The molecule has 0 N–H and O–H groups in total. The molecular formula is C20H26N4O2. The zero-order chi connectivity index (χ0) is 18.7. The van der Waals surface area contributed by atoms with E-state index in [4.69, 9.17) is 0 Å². The van der Waals surface area contributed by atoms with E-state index in [1.807, 2.05) is 16.7 Å². The predicted molar refractivity (Wildman–Crippen MR) is 98.5 cm³/mol. The van der Waals surface area contributed by atoms with E-state index in [9.17, 15) is 14.9 Å². The second kappa shape index (κ2) is 7.46. The Morgan fingerprint density at radius 3 is 2.73 bits per heavy atom. The van der Waals surface area contributed by atoms with Gasteiger partial charge < -0.3 is 9.80 Å². The summed E-state index contributed by atoms with van der Waals surface area (Å²) in [6.45, 7) is 5.50. The second-order valence-corrected chi connectivity index (χ2v) is 7.25. The summed E-state index contributed by atoms with van der Waals surface area (Å²) in [5.74, 6) is 0.119. The lowest BCUT2D eigenvalue weighted by molar-refractivity contribution is -0.130. The monoisotopic (exact) mass is 354 g/mol. The summed E-state index contributed by atoms with van der Waals surface area (Å²) in [5, 5.41) is 9.30. The molecule has 1 spiro atoms. The van der Waals surface area contributed by atoms with Crippen molar-refractivity contribution >= 4 is 11.8 Å². The van der Waals surface area contributed by atoms with Crippen molar-refractivity contribution in [2.24, 2.45) is 0 Å². The molecule has 2 heterocycles. The lowest BCUT2D eigenvalue weighted by Crippen LogP contribution is -2.62. The number of hydrogen-bond donors (Lipinski definition) is 0. The van der Waals surface area contributed by atoms with E-state index >= 15 is 0 Å². The molecule has 1 atom stereocenters. The van der Waals surface area contributed by atoms with Crippen LogP contribution in [0, 0.1) is 11.3 Å². The van der Waals surface area contributed by atoms with Crippen LogP contribution < -0.4 is 0 Å². The minimum absolute atomic E-state index is 0.0856. The molecule has 0 unspecified atom stereocenters. The molecule has 2 saturated heterocycles. The highest BCUT2D eigenvalue weighted by atomic mass is 16.2. The van der Waals surface area contributed by atoms with E-state index in [0.29, 0.717) is 30.6 Å². The molecule has 2 aliphatic rings. The standard InChI is InChI=1S/C20H26N4O2/c1-3-23-11-10-20(9-8-18(23)25)15-24(13-12-22(20)2)19(26)17-7-5-4-6-16(17)14-21/h4-7H,3,8-13,15H2,1-2H3/t20-/m1/s1. The van der Waals surface area contributed by atoms with E-state index in [1.54, 1.807) is 24.3 Å². The Labute approximate surface area is 155 Å². The van der Waals surface area contributed by atoms with Crippen LogP contribution in [0.15, 0.2) is 24.3 Å². The Bertz CT molecular complexity index is 742. The van der Waals surface area contributed by atoms with Gasteiger partial charge in [0.1, 0.15) is 0 Å². The summed E-state index contributed by atoms with van der Waals surface area (Å²) in [5.41, 5.74) is 0.711. The molecule has 26 heavy (non-hydrogen) atoms. The van der Waals surface area contributed by atoms with Gasteiger partial charge in [-0.15, -0.1) is 0 Å². The highest BCUT2D eigenvalue weighted by Gasteiger charge is 2.43. The van der Waals surface area contributed by atoms with Crippen LogP contribution in [0.5, 0.6) is 0 Å². The summed E-state index contributed by atoms with van der Waals surface area (Å²) >= 11 is 0. The fraction of sp³-hybridized carbons (Fsp3) is 0.550. The van der Waals surface area contributed by atoms with Crippen LogP contribution in [0.3, 0.4) is 0 Å². The van der Waals surface area contributed by atoms with Crippen LogP contribution in [-0.4, -0.2) is 71.8 Å². The third-order valence-electron chi connectivity index (χ3n) is 5.95. The van der Waals surface area contributed by atoms with Crippen molar-refractivity contribution in [2.75, 3.05) is 39.8 Å². The van der Waals surface area contributed by atoms with Crippen LogP contribution in [0.25, 0.3) is 0 Å². The third-order valence-corrected chi connectivity index (χ3v) is 5.95. The summed E-state index contributed by atoms with van der Waals surface area (Å²) in [6.07, 6.45) is 2.16. The molecule has 0 bridgehead atoms. The Hall–Kier alpha value is -2.39. The summed E-state index contributed by atoms with van der Waals surface area (Å²) in [4.78, 5) is 31.4. The Balaban J connectivity index is 1.83. The van der Waals surface area contributed by atoms with Gasteiger partial charge in [0.05, 0.1) is 17.2 Å². The number of carbonyl (C=O) groups is 2. The molecule has 6 heteroatoms. The molecule has 0 radical (unpaired) electrons. The van der Waals surface area contributed by atoms with Crippen LogP contribution in [-0.2, 0) is 4.79 Å². The normalized spacial score (nSPS) is 24.4. The molecule has 0 aliphatic carbocycles. The summed E-state index contributed by atoms with van der Waals surface area (Å²) in [6, 6.07) is 9.09. The number of rotatable bonds is 2. The van der Waals surface area contributed by atoms with Crippen LogP contribution in [0.2, 0.25) is 0 Å². The van der Waals surface area contributed by atoms with Gasteiger partial charge in [-0.1, -0.05) is 12.1 Å². The van der Waals surface area contributed by atoms with Crippen molar-refractivity contribution in [3.05, 3.63) is 35.4 Å². The van der Waals surface area contributed by atoms with Crippen LogP contribution in [0.4, 0.5) is 0 Å². The van der Waals surface area contributed by atoms with E-state index < -0.39 is 0 Å². The third kappa shape index (κ3) is 3.32. The number of nitriles is 1. The average Bonchev–Trinajstić information content (AvgIpc) is 2.83. The van der Waals surface area contributed by atoms with Gasteiger partial charge in [0, 0.05) is 44.7 Å². The summed E-state index contributed by atoms with van der Waals surface area (Å²) in [7, 11) is 2.09. The Morgan fingerprint density at radius 2 is 2.00 bits per heavy atom. The van der Waals surface area contributed by atoms with Crippen molar-refractivity contribution in [1.82, 2.24) is 14.7 Å². The molecule has 2 amide bonds. The van der Waals surface area contributed by atoms with Gasteiger partial charge >= 0.3 is 0 Å². The number of likely N-dealkylation sites (tertiary alicyclic amines) is 1. The lowest BCUT2D eigenvalue weighted by atomic mass is 9.86. The topological polar surface area (TPSA) is 67.6 Å². The maximum atomic E-state index is 13.1. The minimum atomic E-state index is -0.172.